The van der Waals surface area contributed by atoms with Crippen LogP contribution in [-0.2, 0) is 19.6 Å². The predicted molar refractivity (Wildman–Crippen MR) is 87.9 cm³/mol. The third-order valence-corrected chi connectivity index (χ3v) is 5.97. The minimum atomic E-state index is -3.97. The Morgan fingerprint density at radius 3 is 2.68 bits per heavy atom. The average molecular weight is 372 g/mol. The van der Waals surface area contributed by atoms with Crippen LogP contribution in [0, 0.1) is 18.2 Å². The van der Waals surface area contributed by atoms with Crippen molar-refractivity contribution in [2.75, 3.05) is 19.6 Å². The van der Waals surface area contributed by atoms with Gasteiger partial charge in [-0.05, 0) is 50.5 Å². The van der Waals surface area contributed by atoms with Gasteiger partial charge in [0.15, 0.2) is 0 Å². The fraction of sp³-hybridized carbons (Fsp3) is 0.500. The van der Waals surface area contributed by atoms with Crippen LogP contribution < -0.4 is 4.72 Å². The van der Waals surface area contributed by atoms with E-state index in [-0.39, 0.29) is 17.0 Å². The molecule has 1 aliphatic rings. The Hall–Kier alpha value is -2.00. The molecule has 7 nitrogen and oxygen atoms in total. The monoisotopic (exact) mass is 372 g/mol. The fourth-order valence-corrected chi connectivity index (χ4v) is 4.09. The normalized spacial score (nSPS) is 21.2. The quantitative estimate of drug-likeness (QED) is 0.806. The topological polar surface area (TPSA) is 104 Å². The van der Waals surface area contributed by atoms with Crippen LogP contribution in [0.25, 0.3) is 0 Å². The zero-order chi connectivity index (χ0) is 18.8. The van der Waals surface area contributed by atoms with Gasteiger partial charge in [-0.3, -0.25) is 9.59 Å². The molecule has 1 aromatic carbocycles. The Labute approximate surface area is 145 Å². The molecule has 1 fully saturated rings. The van der Waals surface area contributed by atoms with Gasteiger partial charge < -0.3 is 10.0 Å². The molecule has 0 unspecified atom stereocenters. The molecule has 0 saturated carbocycles. The van der Waals surface area contributed by atoms with Crippen LogP contribution in [0.5, 0.6) is 0 Å². The van der Waals surface area contributed by atoms with Gasteiger partial charge in [-0.25, -0.2) is 17.5 Å². The first-order valence-corrected chi connectivity index (χ1v) is 9.30. The number of amides is 1. The molecule has 0 bridgehead atoms. The molecule has 138 valence electrons. The van der Waals surface area contributed by atoms with Crippen molar-refractivity contribution < 1.29 is 27.5 Å². The maximum Gasteiger partial charge on any atom is 0.311 e. The van der Waals surface area contributed by atoms with Gasteiger partial charge in [0.25, 0.3) is 0 Å². The number of halogens is 1. The molecule has 0 spiro atoms. The third kappa shape index (κ3) is 4.35. The number of carboxylic acid groups (broad SMARTS) is 1. The van der Waals surface area contributed by atoms with Crippen molar-refractivity contribution in [1.82, 2.24) is 9.62 Å². The average Bonchev–Trinajstić information content (AvgIpc) is 2.52. The van der Waals surface area contributed by atoms with Crippen molar-refractivity contribution in [2.24, 2.45) is 5.41 Å². The molecule has 9 heteroatoms. The molecule has 1 atom stereocenters. The lowest BCUT2D eigenvalue weighted by molar-refractivity contribution is -0.153. The number of nitrogens with zero attached hydrogens (tertiary/aromatic N) is 1. The lowest BCUT2D eigenvalue weighted by Crippen LogP contribution is -2.50. The molecular formula is C16H21FN2O5S. The van der Waals surface area contributed by atoms with E-state index < -0.39 is 39.7 Å². The Bertz CT molecular complexity index is 796. The van der Waals surface area contributed by atoms with Gasteiger partial charge in [0, 0.05) is 13.1 Å². The summed E-state index contributed by atoms with van der Waals surface area (Å²) in [7, 11) is -3.97. The predicted octanol–water partition coefficient (Wildman–Crippen LogP) is 1.13. The van der Waals surface area contributed by atoms with E-state index in [0.717, 1.165) is 18.2 Å². The van der Waals surface area contributed by atoms with Crippen molar-refractivity contribution >= 4 is 21.9 Å². The lowest BCUT2D eigenvalue weighted by atomic mass is 9.82. The molecule has 0 aromatic heterocycles. The van der Waals surface area contributed by atoms with Gasteiger partial charge in [-0.2, -0.15) is 0 Å². The van der Waals surface area contributed by atoms with Gasteiger partial charge in [-0.15, -0.1) is 0 Å². The van der Waals surface area contributed by atoms with Gasteiger partial charge in [0.2, 0.25) is 15.9 Å². The number of nitrogens with one attached hydrogen (secondary N) is 1. The smallest absolute Gasteiger partial charge is 0.311 e. The molecule has 1 amide bonds. The van der Waals surface area contributed by atoms with Gasteiger partial charge in [0.05, 0.1) is 16.9 Å². The molecule has 1 aromatic rings. The van der Waals surface area contributed by atoms with Crippen LogP contribution in [0.1, 0.15) is 25.3 Å². The first kappa shape index (κ1) is 19.3. The zero-order valence-corrected chi connectivity index (χ0v) is 14.9. The maximum absolute atomic E-state index is 13.1. The number of hydrogen-bond donors (Lipinski definition) is 2. The highest BCUT2D eigenvalue weighted by Gasteiger charge is 2.39. The van der Waals surface area contributed by atoms with E-state index in [2.05, 4.69) is 4.72 Å². The number of benzene rings is 1. The number of aliphatic carboxylic acids is 1. The maximum atomic E-state index is 13.1. The number of carbonyl (C=O) groups is 2. The number of hydrogen-bond acceptors (Lipinski definition) is 4. The molecular weight excluding hydrogens is 351 g/mol. The standard InChI is InChI=1S/C16H21FN2O5S/c1-11-8-12(17)4-5-13(11)25(23,24)18-9-14(20)19-7-3-6-16(2,10-19)15(21)22/h4-5,8,18H,3,6-7,9-10H2,1-2H3,(H,21,22)/t16-/m0/s1. The molecule has 2 rings (SSSR count). The van der Waals surface area contributed by atoms with Gasteiger partial charge >= 0.3 is 5.97 Å². The zero-order valence-electron chi connectivity index (χ0n) is 14.1. The second-order valence-electron chi connectivity index (χ2n) is 6.52. The van der Waals surface area contributed by atoms with E-state index in [9.17, 15) is 27.5 Å². The van der Waals surface area contributed by atoms with E-state index in [1.165, 1.54) is 11.8 Å². The summed E-state index contributed by atoms with van der Waals surface area (Å²) in [4.78, 5) is 24.9. The Kier molecular flexibility index (Phi) is 5.48. The molecule has 0 radical (unpaired) electrons. The van der Waals surface area contributed by atoms with Gasteiger partial charge in [0.1, 0.15) is 5.82 Å². The Morgan fingerprint density at radius 2 is 2.08 bits per heavy atom. The van der Waals surface area contributed by atoms with Crippen LogP contribution >= 0.6 is 0 Å². The molecule has 25 heavy (non-hydrogen) atoms. The van der Waals surface area contributed by atoms with Crippen LogP contribution in [0.2, 0.25) is 0 Å². The van der Waals surface area contributed by atoms with Crippen molar-refractivity contribution in [1.29, 1.82) is 0 Å². The van der Waals surface area contributed by atoms with E-state index in [1.807, 2.05) is 0 Å². The summed E-state index contributed by atoms with van der Waals surface area (Å²) in [5, 5.41) is 9.28. The molecule has 0 aliphatic carbocycles. The minimum Gasteiger partial charge on any atom is -0.481 e. The number of carbonyl (C=O) groups excluding carboxylic acids is 1. The Morgan fingerprint density at radius 1 is 1.40 bits per heavy atom. The number of piperidine rings is 1. The highest BCUT2D eigenvalue weighted by molar-refractivity contribution is 7.89. The molecule has 1 saturated heterocycles. The summed E-state index contributed by atoms with van der Waals surface area (Å²) in [6.07, 6.45) is 1.00. The van der Waals surface area contributed by atoms with Crippen molar-refractivity contribution in [3.63, 3.8) is 0 Å². The summed E-state index contributed by atoms with van der Waals surface area (Å²) < 4.78 is 39.9. The largest absolute Gasteiger partial charge is 0.481 e. The summed E-state index contributed by atoms with van der Waals surface area (Å²) >= 11 is 0. The Balaban J connectivity index is 2.05. The highest BCUT2D eigenvalue weighted by atomic mass is 32.2. The SMILES string of the molecule is Cc1cc(F)ccc1S(=O)(=O)NCC(=O)N1CCC[C@](C)(C(=O)O)C1. The summed E-state index contributed by atoms with van der Waals surface area (Å²) in [6, 6.07) is 3.27. The van der Waals surface area contributed by atoms with E-state index in [1.54, 1.807) is 6.92 Å². The third-order valence-electron chi connectivity index (χ3n) is 4.41. The van der Waals surface area contributed by atoms with Crippen LogP contribution in [-0.4, -0.2) is 49.9 Å². The molecule has 2 N–H and O–H groups in total. The lowest BCUT2D eigenvalue weighted by Gasteiger charge is -2.37. The number of rotatable bonds is 5. The minimum absolute atomic E-state index is 0.0401. The summed E-state index contributed by atoms with van der Waals surface area (Å²) in [5.74, 6) is -2.02. The summed E-state index contributed by atoms with van der Waals surface area (Å²) in [6.45, 7) is 2.98. The number of aryl methyl sites for hydroxylation is 1. The highest BCUT2D eigenvalue weighted by Crippen LogP contribution is 2.29. The molecule has 1 heterocycles. The van der Waals surface area contributed by atoms with Crippen LogP contribution in [0.4, 0.5) is 4.39 Å². The first-order chi connectivity index (χ1) is 11.5. The number of likely N-dealkylation sites (tertiary alicyclic amines) is 1. The van der Waals surface area contributed by atoms with Crippen LogP contribution in [0.15, 0.2) is 23.1 Å². The van der Waals surface area contributed by atoms with Crippen molar-refractivity contribution in [3.8, 4) is 0 Å². The number of carboxylic acids is 1. The van der Waals surface area contributed by atoms with Crippen LogP contribution in [0.3, 0.4) is 0 Å². The number of sulfonamides is 1. The second-order valence-corrected chi connectivity index (χ2v) is 8.25. The first-order valence-electron chi connectivity index (χ1n) is 7.82. The fourth-order valence-electron chi connectivity index (χ4n) is 2.89. The van der Waals surface area contributed by atoms with E-state index in [0.29, 0.717) is 19.4 Å². The van der Waals surface area contributed by atoms with E-state index in [4.69, 9.17) is 0 Å². The molecule has 1 aliphatic heterocycles. The van der Waals surface area contributed by atoms with E-state index >= 15 is 0 Å². The van der Waals surface area contributed by atoms with Crippen molar-refractivity contribution in [3.05, 3.63) is 29.6 Å². The van der Waals surface area contributed by atoms with Crippen molar-refractivity contribution in [2.45, 2.75) is 31.6 Å². The second kappa shape index (κ2) is 7.09. The van der Waals surface area contributed by atoms with Gasteiger partial charge in [-0.1, -0.05) is 0 Å². The summed E-state index contributed by atoms with van der Waals surface area (Å²) in [5.41, 5.74) is -0.795.